The molecular formula is C81H67N5OPt. The van der Waals surface area contributed by atoms with Crippen molar-refractivity contribution in [2.24, 2.45) is 0 Å². The summed E-state index contributed by atoms with van der Waals surface area (Å²) in [5, 5.41) is 0. The Morgan fingerprint density at radius 2 is 0.830 bits per heavy atom. The van der Waals surface area contributed by atoms with Gasteiger partial charge in [-0.2, -0.15) is 0 Å². The van der Waals surface area contributed by atoms with E-state index in [-0.39, 0.29) is 10.8 Å². The van der Waals surface area contributed by atoms with Crippen LogP contribution in [0, 0.1) is 10.7 Å². The molecule has 11 aromatic carbocycles. The fourth-order valence-corrected chi connectivity index (χ4v) is 13.7. The van der Waals surface area contributed by atoms with Crippen molar-refractivity contribution >= 4 is 45.3 Å². The van der Waals surface area contributed by atoms with Crippen LogP contribution < -0.4 is 14.5 Å². The van der Waals surface area contributed by atoms with Gasteiger partial charge in [-0.3, -0.25) is 0 Å². The van der Waals surface area contributed by atoms with E-state index in [9.17, 15) is 0 Å². The van der Waals surface area contributed by atoms with Crippen molar-refractivity contribution in [2.45, 2.75) is 59.3 Å². The Kier molecular flexibility index (Phi) is 14.5. The van der Waals surface area contributed by atoms with Gasteiger partial charge in [-0.1, -0.05) is 126 Å². The summed E-state index contributed by atoms with van der Waals surface area (Å²) in [4.78, 5) is 10.3. The third-order valence-electron chi connectivity index (χ3n) is 17.0. The SMILES string of the molecule is Cc1cc(N2c3ccccc3-c3ccccc3N(c3cccc(C(C)(C)C)c3)c3ccccc3-c3ccc(Oc4cccc(-n5[c](=[Pt])n(-c6c(-c7ccccc7)cccc6-c6ccccc6)c6ccccc65)c4)cc32)ncc1-c1ccc(C(C)(C)C)cc1. The van der Waals surface area contributed by atoms with Crippen molar-refractivity contribution in [2.75, 3.05) is 9.80 Å². The van der Waals surface area contributed by atoms with Crippen LogP contribution in [0.4, 0.5) is 34.3 Å². The fourth-order valence-electron chi connectivity index (χ4n) is 12.6. The number of nitrogens with zero attached hydrogens (tertiary/aromatic N) is 5. The van der Waals surface area contributed by atoms with E-state index in [2.05, 4.69) is 366 Å². The number of imidazole rings is 1. The van der Waals surface area contributed by atoms with Crippen molar-refractivity contribution in [1.82, 2.24) is 14.1 Å². The number of ether oxygens (including phenoxy) is 1. The van der Waals surface area contributed by atoms with Gasteiger partial charge in [0.05, 0.1) is 5.69 Å². The summed E-state index contributed by atoms with van der Waals surface area (Å²) in [6.45, 7) is 15.8. The topological polar surface area (TPSA) is 38.5 Å². The summed E-state index contributed by atoms with van der Waals surface area (Å²) in [7, 11) is 0. The number of benzene rings is 11. The minimum atomic E-state index is -0.0737. The maximum absolute atomic E-state index is 7.24. The second-order valence-corrected chi connectivity index (χ2v) is 25.8. The molecule has 6 nitrogen and oxygen atoms in total. The van der Waals surface area contributed by atoms with Gasteiger partial charge in [0, 0.05) is 23.0 Å². The minimum Gasteiger partial charge on any atom is -0.0579 e. The van der Waals surface area contributed by atoms with Crippen LogP contribution in [0.5, 0.6) is 11.5 Å². The van der Waals surface area contributed by atoms with E-state index in [1.54, 1.807) is 0 Å². The molecular weight excluding hydrogens is 1250 g/mol. The van der Waals surface area contributed by atoms with Gasteiger partial charge in [-0.05, 0) is 64.3 Å². The molecule has 88 heavy (non-hydrogen) atoms. The van der Waals surface area contributed by atoms with Gasteiger partial charge < -0.3 is 4.90 Å². The van der Waals surface area contributed by atoms with Crippen LogP contribution in [0.2, 0.25) is 0 Å². The van der Waals surface area contributed by atoms with E-state index in [0.29, 0.717) is 11.5 Å². The van der Waals surface area contributed by atoms with Crippen molar-refractivity contribution in [3.05, 3.63) is 300 Å². The van der Waals surface area contributed by atoms with Crippen LogP contribution in [-0.2, 0) is 30.2 Å². The first-order valence-corrected chi connectivity index (χ1v) is 31.3. The molecule has 0 fully saturated rings. The molecule has 0 unspecified atom stereocenters. The molecule has 0 saturated carbocycles. The molecule has 0 saturated heterocycles. The van der Waals surface area contributed by atoms with Crippen LogP contribution in [0.1, 0.15) is 58.2 Å². The zero-order valence-corrected chi connectivity index (χ0v) is 52.8. The molecule has 0 radical (unpaired) electrons. The van der Waals surface area contributed by atoms with Crippen LogP contribution >= 0.6 is 0 Å². The van der Waals surface area contributed by atoms with Crippen LogP contribution in [0.15, 0.2) is 279 Å². The van der Waals surface area contributed by atoms with E-state index in [4.69, 9.17) is 9.72 Å². The maximum atomic E-state index is 7.24. The van der Waals surface area contributed by atoms with E-state index < -0.39 is 0 Å². The van der Waals surface area contributed by atoms with E-state index in [1.807, 2.05) is 0 Å². The van der Waals surface area contributed by atoms with Crippen molar-refractivity contribution in [3.63, 3.8) is 0 Å². The van der Waals surface area contributed by atoms with Gasteiger partial charge >= 0.3 is 306 Å². The van der Waals surface area contributed by atoms with Crippen LogP contribution in [0.3, 0.4) is 0 Å². The number of pyridine rings is 1. The number of anilines is 6. The van der Waals surface area contributed by atoms with E-state index in [0.717, 1.165) is 122 Å². The Morgan fingerprint density at radius 1 is 0.352 bits per heavy atom. The zero-order valence-electron chi connectivity index (χ0n) is 50.5. The summed E-state index contributed by atoms with van der Waals surface area (Å²) in [6, 6.07) is 98.5. The number of hydrogen-bond donors (Lipinski definition) is 0. The first-order chi connectivity index (χ1) is 42.8. The third kappa shape index (κ3) is 10.3. The van der Waals surface area contributed by atoms with Gasteiger partial charge in [-0.25, -0.2) is 0 Å². The molecule has 0 N–H and O–H groups in total. The van der Waals surface area contributed by atoms with E-state index in [1.165, 1.54) is 11.1 Å². The number of hydrogen-bond acceptors (Lipinski definition) is 4. The first-order valence-electron chi connectivity index (χ1n) is 30.2. The molecule has 0 bridgehead atoms. The summed E-state index contributed by atoms with van der Waals surface area (Å²) in [5.74, 6) is 2.17. The Hall–Kier alpha value is -9.87. The second kappa shape index (κ2) is 22.8. The Morgan fingerprint density at radius 3 is 1.42 bits per heavy atom. The number of para-hydroxylation sites is 6. The van der Waals surface area contributed by atoms with Gasteiger partial charge in [0.1, 0.15) is 0 Å². The Labute approximate surface area is 527 Å². The van der Waals surface area contributed by atoms with Crippen molar-refractivity contribution in [3.8, 4) is 78.5 Å². The minimum absolute atomic E-state index is 0.0408. The second-order valence-electron chi connectivity index (χ2n) is 24.8. The van der Waals surface area contributed by atoms with Gasteiger partial charge in [0.15, 0.2) is 0 Å². The predicted molar refractivity (Wildman–Crippen MR) is 362 cm³/mol. The fraction of sp³-hybridized carbons (Fsp3) is 0.111. The first kappa shape index (κ1) is 56.0. The summed E-state index contributed by atoms with van der Waals surface area (Å²) in [6.07, 6.45) is 2.05. The van der Waals surface area contributed by atoms with Crippen molar-refractivity contribution in [1.29, 1.82) is 0 Å². The molecule has 13 aromatic rings. The molecule has 432 valence electrons. The molecule has 7 heteroatoms. The predicted octanol–water partition coefficient (Wildman–Crippen LogP) is 22.2. The van der Waals surface area contributed by atoms with Gasteiger partial charge in [0.25, 0.3) is 0 Å². The Balaban J connectivity index is 0.955. The number of fused-ring (bicyclic) bond motifs is 7. The normalized spacial score (nSPS) is 12.3. The average Bonchev–Trinajstić information content (AvgIpc) is 2.84. The summed E-state index contributed by atoms with van der Waals surface area (Å²) < 4.78 is 13.0. The molecule has 0 spiro atoms. The third-order valence-corrected chi connectivity index (χ3v) is 18.0. The molecule has 2 aromatic heterocycles. The standard InChI is InChI=1S/C81H67N5O.Pt/c1-55-49-78(82-53-71(55)58-43-45-59(46-44-58)80(2,3)4)86-74-40-19-16-34-68(74)67-33-14-17-38-72(67)85(62-31-22-29-60(50-62)81(5,6)7)73-39-18-15-35-69(73)70-48-47-64(52-77(70)86)87-63-32-23-30-61(51-63)83-54-84(76-42-21-20-41-75(76)83)79-65(56-25-10-8-11-26-56)36-24-37-66(79)57-27-12-9-13-28-57;/h8-53H,1-7H3;. The number of aryl methyl sites for hydroxylation is 1. The molecule has 0 amide bonds. The molecule has 1 aliphatic heterocycles. The Bertz CT molecular complexity index is 4780. The van der Waals surface area contributed by atoms with Crippen LogP contribution in [0.25, 0.3) is 78.0 Å². The molecule has 1 aliphatic rings. The molecule has 3 heterocycles. The van der Waals surface area contributed by atoms with Gasteiger partial charge in [0.2, 0.25) is 0 Å². The molecule has 0 aliphatic carbocycles. The zero-order chi connectivity index (χ0) is 60.3. The van der Waals surface area contributed by atoms with E-state index >= 15 is 0 Å². The molecule has 0 atom stereocenters. The van der Waals surface area contributed by atoms with Gasteiger partial charge in [-0.15, -0.1) is 0 Å². The quantitative estimate of drug-likeness (QED) is 0.144. The summed E-state index contributed by atoms with van der Waals surface area (Å²) in [5.41, 5.74) is 24.1. The number of rotatable bonds is 9. The summed E-state index contributed by atoms with van der Waals surface area (Å²) >= 11 is 2.52. The molecule has 14 rings (SSSR count). The monoisotopic (exact) mass is 1320 g/mol. The smallest absolute Gasteiger partial charge is 0.0579 e. The average molecular weight is 1320 g/mol. The van der Waals surface area contributed by atoms with Crippen LogP contribution in [-0.4, -0.2) is 14.1 Å². The number of aromatic nitrogens is 3. The van der Waals surface area contributed by atoms with Crippen molar-refractivity contribution < 1.29 is 24.1 Å².